The molecule has 0 heterocycles. The third-order valence-electron chi connectivity index (χ3n) is 0.326. The van der Waals surface area contributed by atoms with Crippen LogP contribution >= 0.6 is 12.6 Å². The van der Waals surface area contributed by atoms with Crippen molar-refractivity contribution in [1.29, 1.82) is 0 Å². The summed E-state index contributed by atoms with van der Waals surface area (Å²) >= 11 is 3.68. The summed E-state index contributed by atoms with van der Waals surface area (Å²) in [6.07, 6.45) is 0.156. The molecule has 0 aromatic rings. The van der Waals surface area contributed by atoms with E-state index in [0.29, 0.717) is 5.75 Å². The Morgan fingerprint density at radius 1 is 1.62 bits per heavy atom. The van der Waals surface area contributed by atoms with Gasteiger partial charge in [-0.15, -0.1) is 0 Å². The molecule has 3 nitrogen and oxygen atoms in total. The zero-order valence-corrected chi connectivity index (χ0v) is 8.68. The molecule has 0 rings (SSSR count). The third-order valence-corrected chi connectivity index (χ3v) is 0.549. The molecule has 0 bridgehead atoms. The first-order chi connectivity index (χ1) is 2.77. The Morgan fingerprint density at radius 3 is 2.00 bits per heavy atom. The smallest absolute Gasteiger partial charge is 0.870 e. The summed E-state index contributed by atoms with van der Waals surface area (Å²) in [7, 11) is 0. The fraction of sp³-hybridized carbons (Fsp3) is 0.667. The number of aliphatic carboxylic acids is 1. The minimum atomic E-state index is -0.787. The van der Waals surface area contributed by atoms with Crippen molar-refractivity contribution in [2.75, 3.05) is 5.75 Å². The maximum atomic E-state index is 9.55. The van der Waals surface area contributed by atoms with Crippen molar-refractivity contribution in [2.45, 2.75) is 6.42 Å². The van der Waals surface area contributed by atoms with E-state index in [1.807, 2.05) is 0 Å². The summed E-state index contributed by atoms with van der Waals surface area (Å²) in [6, 6.07) is 0. The summed E-state index contributed by atoms with van der Waals surface area (Å²) in [4.78, 5) is 9.55. The van der Waals surface area contributed by atoms with Crippen LogP contribution < -0.4 is 51.4 Å². The van der Waals surface area contributed by atoms with Crippen LogP contribution in [0.2, 0.25) is 0 Å². The minimum absolute atomic E-state index is 0. The van der Waals surface area contributed by atoms with E-state index in [2.05, 4.69) is 12.6 Å². The molecule has 0 spiro atoms. The number of thiol groups is 1. The van der Waals surface area contributed by atoms with Crippen LogP contribution in [0, 0.1) is 0 Å². The van der Waals surface area contributed by atoms with Crippen LogP contribution in [-0.4, -0.2) is 22.3 Å². The molecule has 8 heavy (non-hydrogen) atoms. The number of carboxylic acid groups (broad SMARTS) is 1. The largest absolute Gasteiger partial charge is 1.00 e. The molecule has 0 aliphatic rings. The SMILES string of the molecule is O=C(O)CCS.[K+].[OH-]. The van der Waals surface area contributed by atoms with E-state index in [9.17, 15) is 4.79 Å². The summed E-state index contributed by atoms with van der Waals surface area (Å²) in [6.45, 7) is 0. The zero-order valence-electron chi connectivity index (χ0n) is 4.66. The van der Waals surface area contributed by atoms with Gasteiger partial charge in [0.05, 0.1) is 6.42 Å². The molecule has 0 aromatic heterocycles. The number of carboxylic acids is 1. The standard InChI is InChI=1S/C3H6O2S.K.H2O/c4-3(5)1-2-6;;/h6H,1-2H2,(H,4,5);;1H2/q;+1;/p-1. The topological polar surface area (TPSA) is 67.3 Å². The average molecular weight is 162 g/mol. The van der Waals surface area contributed by atoms with Crippen molar-refractivity contribution in [3.63, 3.8) is 0 Å². The van der Waals surface area contributed by atoms with Crippen LogP contribution in [0.3, 0.4) is 0 Å². The van der Waals surface area contributed by atoms with E-state index in [1.54, 1.807) is 0 Å². The van der Waals surface area contributed by atoms with Gasteiger partial charge in [0, 0.05) is 5.75 Å². The molecule has 0 fully saturated rings. The normalized spacial score (nSPS) is 6.12. The quantitative estimate of drug-likeness (QED) is 0.341. The number of hydrogen-bond donors (Lipinski definition) is 2. The van der Waals surface area contributed by atoms with Crippen molar-refractivity contribution in [1.82, 2.24) is 0 Å². The fourth-order valence-corrected chi connectivity index (χ4v) is 0.287. The third kappa shape index (κ3) is 15.7. The second kappa shape index (κ2) is 11.2. The Hall–Kier alpha value is 1.42. The Labute approximate surface area is 96.0 Å². The van der Waals surface area contributed by atoms with Crippen molar-refractivity contribution < 1.29 is 66.8 Å². The molecular formula is C3H7KO3S. The van der Waals surface area contributed by atoms with Gasteiger partial charge < -0.3 is 10.6 Å². The van der Waals surface area contributed by atoms with Gasteiger partial charge >= 0.3 is 57.4 Å². The second-order valence-corrected chi connectivity index (χ2v) is 1.31. The van der Waals surface area contributed by atoms with Gasteiger partial charge in [0.2, 0.25) is 0 Å². The fourth-order valence-electron chi connectivity index (χ4n) is 0.0956. The predicted octanol–water partition coefficient (Wildman–Crippen LogP) is -2.78. The first kappa shape index (κ1) is 16.2. The molecule has 5 heteroatoms. The minimum Gasteiger partial charge on any atom is -0.870 e. The molecule has 0 amide bonds. The van der Waals surface area contributed by atoms with Gasteiger partial charge in [0.1, 0.15) is 0 Å². The Balaban J connectivity index is -0.000000125. The summed E-state index contributed by atoms with van der Waals surface area (Å²) < 4.78 is 0. The molecule has 0 aliphatic heterocycles. The van der Waals surface area contributed by atoms with Crippen LogP contribution in [0.4, 0.5) is 0 Å². The van der Waals surface area contributed by atoms with Crippen molar-refractivity contribution in [3.8, 4) is 0 Å². The first-order valence-electron chi connectivity index (χ1n) is 1.60. The van der Waals surface area contributed by atoms with E-state index in [4.69, 9.17) is 5.11 Å². The summed E-state index contributed by atoms with van der Waals surface area (Å²) in [5, 5.41) is 7.86. The summed E-state index contributed by atoms with van der Waals surface area (Å²) in [5.41, 5.74) is 0. The van der Waals surface area contributed by atoms with Crippen LogP contribution in [0.15, 0.2) is 0 Å². The van der Waals surface area contributed by atoms with Gasteiger partial charge in [0.25, 0.3) is 0 Å². The monoisotopic (exact) mass is 162 g/mol. The van der Waals surface area contributed by atoms with Crippen molar-refractivity contribution in [3.05, 3.63) is 0 Å². The Bertz CT molecular complexity index is 58.5. The van der Waals surface area contributed by atoms with Crippen LogP contribution in [-0.2, 0) is 4.79 Å². The van der Waals surface area contributed by atoms with Gasteiger partial charge in [-0.05, 0) is 0 Å². The van der Waals surface area contributed by atoms with Crippen molar-refractivity contribution >= 4 is 18.6 Å². The number of carbonyl (C=O) groups is 1. The molecule has 0 aromatic carbocycles. The van der Waals surface area contributed by atoms with Gasteiger partial charge in [-0.2, -0.15) is 12.6 Å². The average Bonchev–Trinajstić information content (AvgIpc) is 1.35. The maximum Gasteiger partial charge on any atom is 1.00 e. The van der Waals surface area contributed by atoms with Gasteiger partial charge in [-0.1, -0.05) is 0 Å². The van der Waals surface area contributed by atoms with Crippen LogP contribution in [0.5, 0.6) is 0 Å². The van der Waals surface area contributed by atoms with E-state index in [-0.39, 0.29) is 63.3 Å². The van der Waals surface area contributed by atoms with E-state index in [0.717, 1.165) is 0 Å². The molecule has 44 valence electrons. The molecule has 0 radical (unpaired) electrons. The van der Waals surface area contributed by atoms with Crippen LogP contribution in [0.1, 0.15) is 6.42 Å². The first-order valence-corrected chi connectivity index (χ1v) is 2.23. The summed E-state index contributed by atoms with van der Waals surface area (Å²) in [5.74, 6) is -0.361. The molecule has 0 aliphatic carbocycles. The Morgan fingerprint density at radius 2 is 2.00 bits per heavy atom. The molecule has 0 atom stereocenters. The number of rotatable bonds is 2. The molecule has 0 unspecified atom stereocenters. The van der Waals surface area contributed by atoms with E-state index < -0.39 is 5.97 Å². The van der Waals surface area contributed by atoms with Crippen molar-refractivity contribution in [2.24, 2.45) is 0 Å². The van der Waals surface area contributed by atoms with Gasteiger partial charge in [0.15, 0.2) is 0 Å². The molecule has 2 N–H and O–H groups in total. The zero-order chi connectivity index (χ0) is 4.99. The number of hydrogen-bond acceptors (Lipinski definition) is 3. The maximum absolute atomic E-state index is 9.55. The van der Waals surface area contributed by atoms with E-state index >= 15 is 0 Å². The van der Waals surface area contributed by atoms with Gasteiger partial charge in [-0.3, -0.25) is 4.79 Å². The molecule has 0 saturated carbocycles. The predicted molar refractivity (Wildman–Crippen MR) is 28.0 cm³/mol. The molecular weight excluding hydrogens is 155 g/mol. The van der Waals surface area contributed by atoms with Crippen LogP contribution in [0.25, 0.3) is 0 Å². The second-order valence-electron chi connectivity index (χ2n) is 0.867. The Kier molecular flexibility index (Phi) is 22.8. The molecule has 0 saturated heterocycles. The van der Waals surface area contributed by atoms with Gasteiger partial charge in [-0.25, -0.2) is 0 Å². The van der Waals surface area contributed by atoms with E-state index in [1.165, 1.54) is 0 Å².